The summed E-state index contributed by atoms with van der Waals surface area (Å²) in [5.74, 6) is 0.334. The summed E-state index contributed by atoms with van der Waals surface area (Å²) in [6.45, 7) is 12.8. The Bertz CT molecular complexity index is 163. The van der Waals surface area contributed by atoms with Crippen LogP contribution in [0.1, 0.15) is 27.7 Å². The Hall–Kier alpha value is -0.120. The average molecular weight is 200 g/mol. The molecule has 1 aliphatic heterocycles. The summed E-state index contributed by atoms with van der Waals surface area (Å²) >= 11 is 0. The van der Waals surface area contributed by atoms with E-state index in [1.165, 1.54) is 0 Å². The molecule has 1 saturated heterocycles. The molecule has 1 heterocycles. The average Bonchev–Trinajstić information content (AvgIpc) is 2.16. The summed E-state index contributed by atoms with van der Waals surface area (Å²) < 4.78 is 0. The number of aliphatic hydroxyl groups excluding tert-OH is 1. The second-order valence-corrected chi connectivity index (χ2v) is 4.82. The lowest BCUT2D eigenvalue weighted by molar-refractivity contribution is -0.0559. The minimum atomic E-state index is -0.260. The molecule has 1 fully saturated rings. The van der Waals surface area contributed by atoms with Gasteiger partial charge in [-0.2, -0.15) is 0 Å². The quantitative estimate of drug-likeness (QED) is 0.736. The second kappa shape index (κ2) is 5.10. The van der Waals surface area contributed by atoms with Crippen molar-refractivity contribution in [3.8, 4) is 0 Å². The molecule has 1 rings (SSSR count). The zero-order chi connectivity index (χ0) is 10.7. The Morgan fingerprint density at radius 2 is 1.29 bits per heavy atom. The summed E-state index contributed by atoms with van der Waals surface area (Å²) in [5.41, 5.74) is 0. The van der Waals surface area contributed by atoms with E-state index in [4.69, 9.17) is 0 Å². The van der Waals surface area contributed by atoms with Crippen molar-refractivity contribution in [2.24, 2.45) is 5.92 Å². The minimum Gasteiger partial charge on any atom is -0.378 e. The van der Waals surface area contributed by atoms with Gasteiger partial charge in [-0.15, -0.1) is 0 Å². The molecule has 1 aliphatic rings. The highest BCUT2D eigenvalue weighted by Gasteiger charge is 2.24. The lowest BCUT2D eigenvalue weighted by Crippen LogP contribution is -2.53. The molecule has 1 N–H and O–H groups in total. The van der Waals surface area contributed by atoms with Gasteiger partial charge >= 0.3 is 0 Å². The smallest absolute Gasteiger partial charge is 0.109 e. The van der Waals surface area contributed by atoms with Gasteiger partial charge in [0.15, 0.2) is 0 Å². The first-order valence-corrected chi connectivity index (χ1v) is 5.68. The molecule has 0 amide bonds. The fourth-order valence-electron chi connectivity index (χ4n) is 1.94. The monoisotopic (exact) mass is 200 g/mol. The third-order valence-corrected chi connectivity index (χ3v) is 3.05. The van der Waals surface area contributed by atoms with E-state index in [2.05, 4.69) is 37.5 Å². The normalized spacial score (nSPS) is 23.4. The van der Waals surface area contributed by atoms with Crippen LogP contribution in [0.5, 0.6) is 0 Å². The maximum atomic E-state index is 9.88. The third-order valence-electron chi connectivity index (χ3n) is 3.05. The molecule has 1 atom stereocenters. The molecule has 0 aromatic heterocycles. The molecule has 3 heteroatoms. The summed E-state index contributed by atoms with van der Waals surface area (Å²) in [5, 5.41) is 9.88. The highest BCUT2D eigenvalue weighted by atomic mass is 16.3. The lowest BCUT2D eigenvalue weighted by Gasteiger charge is -2.40. The number of hydrogen-bond donors (Lipinski definition) is 1. The number of rotatable bonds is 3. The van der Waals surface area contributed by atoms with Gasteiger partial charge in [0.25, 0.3) is 0 Å². The molecule has 84 valence electrons. The van der Waals surface area contributed by atoms with Gasteiger partial charge < -0.3 is 5.11 Å². The predicted octanol–water partition coefficient (Wildman–Crippen LogP) is 0.987. The molecule has 3 nitrogen and oxygen atoms in total. The van der Waals surface area contributed by atoms with Crippen LogP contribution in [0.15, 0.2) is 0 Å². The molecule has 0 aromatic carbocycles. The van der Waals surface area contributed by atoms with E-state index in [1.807, 2.05) is 0 Å². The van der Waals surface area contributed by atoms with Crippen LogP contribution in [0, 0.1) is 5.92 Å². The maximum Gasteiger partial charge on any atom is 0.109 e. The van der Waals surface area contributed by atoms with Crippen LogP contribution in [0.4, 0.5) is 0 Å². The largest absolute Gasteiger partial charge is 0.378 e. The summed E-state index contributed by atoms with van der Waals surface area (Å²) in [4.78, 5) is 4.65. The van der Waals surface area contributed by atoms with Crippen LogP contribution < -0.4 is 0 Å². The molecule has 1 unspecified atom stereocenters. The van der Waals surface area contributed by atoms with Crippen molar-refractivity contribution in [3.05, 3.63) is 0 Å². The molecular formula is C11H24N2O. The standard InChI is InChI=1S/C11H24N2O/c1-9(2)11(14)13-7-5-12(6-8-13)10(3)4/h9-11,14H,5-8H2,1-4H3. The van der Waals surface area contributed by atoms with Gasteiger partial charge in [0, 0.05) is 32.2 Å². The predicted molar refractivity (Wildman–Crippen MR) is 59.1 cm³/mol. The first kappa shape index (κ1) is 12.0. The molecule has 0 bridgehead atoms. The fraction of sp³-hybridized carbons (Fsp3) is 1.00. The van der Waals surface area contributed by atoms with Crippen molar-refractivity contribution in [1.29, 1.82) is 0 Å². The van der Waals surface area contributed by atoms with Crippen LogP contribution in [0.25, 0.3) is 0 Å². The number of piperazine rings is 1. The van der Waals surface area contributed by atoms with E-state index in [0.717, 1.165) is 26.2 Å². The molecule has 0 radical (unpaired) electrons. The number of aliphatic hydroxyl groups is 1. The van der Waals surface area contributed by atoms with E-state index in [9.17, 15) is 5.11 Å². The molecule has 0 spiro atoms. The van der Waals surface area contributed by atoms with Crippen LogP contribution in [-0.2, 0) is 0 Å². The maximum absolute atomic E-state index is 9.88. The first-order valence-electron chi connectivity index (χ1n) is 5.68. The van der Waals surface area contributed by atoms with Crippen molar-refractivity contribution in [1.82, 2.24) is 9.80 Å². The van der Waals surface area contributed by atoms with Crippen LogP contribution in [-0.4, -0.2) is 53.4 Å². The van der Waals surface area contributed by atoms with Crippen molar-refractivity contribution >= 4 is 0 Å². The van der Waals surface area contributed by atoms with Gasteiger partial charge in [-0.25, -0.2) is 0 Å². The van der Waals surface area contributed by atoms with Gasteiger partial charge in [0.05, 0.1) is 0 Å². The fourth-order valence-corrected chi connectivity index (χ4v) is 1.94. The lowest BCUT2D eigenvalue weighted by atomic mass is 10.1. The topological polar surface area (TPSA) is 26.7 Å². The van der Waals surface area contributed by atoms with Gasteiger partial charge in [0.1, 0.15) is 6.23 Å². The molecule has 0 aliphatic carbocycles. The van der Waals surface area contributed by atoms with Crippen molar-refractivity contribution in [2.45, 2.75) is 40.0 Å². The van der Waals surface area contributed by atoms with Crippen LogP contribution in [0.2, 0.25) is 0 Å². The van der Waals surface area contributed by atoms with Gasteiger partial charge in [-0.3, -0.25) is 9.80 Å². The SMILES string of the molecule is CC(C)C(O)N1CCN(C(C)C)CC1. The first-order chi connectivity index (χ1) is 6.52. The van der Waals surface area contributed by atoms with Crippen LogP contribution >= 0.6 is 0 Å². The zero-order valence-electron chi connectivity index (χ0n) is 9.90. The molecular weight excluding hydrogens is 176 g/mol. The van der Waals surface area contributed by atoms with Gasteiger partial charge in [-0.05, 0) is 19.8 Å². The van der Waals surface area contributed by atoms with E-state index in [1.54, 1.807) is 0 Å². The summed E-state index contributed by atoms with van der Waals surface area (Å²) in [6, 6.07) is 0.633. The number of hydrogen-bond acceptors (Lipinski definition) is 3. The van der Waals surface area contributed by atoms with Crippen molar-refractivity contribution < 1.29 is 5.11 Å². The Balaban J connectivity index is 2.35. The Morgan fingerprint density at radius 3 is 1.64 bits per heavy atom. The Kier molecular flexibility index (Phi) is 4.35. The highest BCUT2D eigenvalue weighted by molar-refractivity contribution is 4.76. The molecule has 0 aromatic rings. The van der Waals surface area contributed by atoms with Gasteiger partial charge in [0.2, 0.25) is 0 Å². The minimum absolute atomic E-state index is 0.260. The second-order valence-electron chi connectivity index (χ2n) is 4.82. The Morgan fingerprint density at radius 1 is 0.857 bits per heavy atom. The van der Waals surface area contributed by atoms with Crippen molar-refractivity contribution in [3.63, 3.8) is 0 Å². The summed E-state index contributed by atoms with van der Waals surface area (Å²) in [7, 11) is 0. The van der Waals surface area contributed by atoms with Gasteiger partial charge in [-0.1, -0.05) is 13.8 Å². The van der Waals surface area contributed by atoms with Crippen molar-refractivity contribution in [2.75, 3.05) is 26.2 Å². The van der Waals surface area contributed by atoms with E-state index in [0.29, 0.717) is 12.0 Å². The third kappa shape index (κ3) is 2.94. The Labute approximate surface area is 87.7 Å². The molecule has 14 heavy (non-hydrogen) atoms. The molecule has 0 saturated carbocycles. The van der Waals surface area contributed by atoms with E-state index in [-0.39, 0.29) is 6.23 Å². The van der Waals surface area contributed by atoms with Crippen LogP contribution in [0.3, 0.4) is 0 Å². The zero-order valence-corrected chi connectivity index (χ0v) is 9.90. The highest BCUT2D eigenvalue weighted by Crippen LogP contribution is 2.12. The van der Waals surface area contributed by atoms with E-state index >= 15 is 0 Å². The van der Waals surface area contributed by atoms with E-state index < -0.39 is 0 Å². The summed E-state index contributed by atoms with van der Waals surface area (Å²) in [6.07, 6.45) is -0.260. The number of nitrogens with zero attached hydrogens (tertiary/aromatic N) is 2.